The molecule has 0 aromatic heterocycles. The first kappa shape index (κ1) is 12.2. The molecule has 15 heavy (non-hydrogen) atoms. The molecular formula is C11H14BrNO2. The lowest BCUT2D eigenvalue weighted by Crippen LogP contribution is -2.22. The minimum absolute atomic E-state index is 0.262. The van der Waals surface area contributed by atoms with Gasteiger partial charge in [-0.3, -0.25) is 4.79 Å². The Hall–Kier alpha value is -0.870. The topological polar surface area (TPSA) is 63.3 Å². The summed E-state index contributed by atoms with van der Waals surface area (Å²) >= 11 is 3.31. The van der Waals surface area contributed by atoms with Crippen LogP contribution in [0.5, 0.6) is 0 Å². The Morgan fingerprint density at radius 2 is 2.00 bits per heavy atom. The van der Waals surface area contributed by atoms with Gasteiger partial charge in [0.15, 0.2) is 0 Å². The number of hydrogen-bond acceptors (Lipinski definition) is 2. The third-order valence-electron chi connectivity index (χ3n) is 2.27. The average molecular weight is 272 g/mol. The Kier molecular flexibility index (Phi) is 3.88. The van der Waals surface area contributed by atoms with E-state index < -0.39 is 12.0 Å². The van der Waals surface area contributed by atoms with Gasteiger partial charge in [0.05, 0.1) is 0 Å². The zero-order valence-corrected chi connectivity index (χ0v) is 10.3. The fraction of sp³-hybridized carbons (Fsp3) is 0.364. The second kappa shape index (κ2) is 4.77. The molecule has 1 aromatic rings. The molecule has 1 unspecified atom stereocenters. The molecule has 0 aliphatic rings. The normalized spacial score (nSPS) is 12.9. The highest BCUT2D eigenvalue weighted by atomic mass is 79.9. The zero-order chi connectivity index (χ0) is 11.6. The molecule has 0 fully saturated rings. The SMILES string of the molecule is CC(C)c1ccc(Br)cc1C(N)C(=O)O. The summed E-state index contributed by atoms with van der Waals surface area (Å²) in [5.41, 5.74) is 7.28. The molecule has 0 saturated heterocycles. The summed E-state index contributed by atoms with van der Waals surface area (Å²) in [6.45, 7) is 4.03. The molecule has 0 bridgehead atoms. The Labute approximate surface area is 97.4 Å². The first-order valence-corrected chi connectivity index (χ1v) is 5.50. The van der Waals surface area contributed by atoms with Gasteiger partial charge in [0.1, 0.15) is 6.04 Å². The van der Waals surface area contributed by atoms with Crippen molar-refractivity contribution in [3.63, 3.8) is 0 Å². The zero-order valence-electron chi connectivity index (χ0n) is 8.70. The van der Waals surface area contributed by atoms with Crippen LogP contribution < -0.4 is 5.73 Å². The highest BCUT2D eigenvalue weighted by Gasteiger charge is 2.19. The van der Waals surface area contributed by atoms with Crippen molar-refractivity contribution in [2.24, 2.45) is 5.73 Å². The van der Waals surface area contributed by atoms with E-state index in [0.29, 0.717) is 5.56 Å². The number of hydrogen-bond donors (Lipinski definition) is 2. The van der Waals surface area contributed by atoms with Gasteiger partial charge in [-0.15, -0.1) is 0 Å². The maximum Gasteiger partial charge on any atom is 0.325 e. The van der Waals surface area contributed by atoms with Gasteiger partial charge in [0, 0.05) is 4.47 Å². The van der Waals surface area contributed by atoms with Crippen molar-refractivity contribution >= 4 is 21.9 Å². The summed E-state index contributed by atoms with van der Waals surface area (Å²) in [5, 5.41) is 8.89. The molecule has 0 saturated carbocycles. The Bertz CT molecular complexity index is 377. The molecule has 1 atom stereocenters. The number of carboxylic acids is 1. The fourth-order valence-corrected chi connectivity index (χ4v) is 1.85. The first-order chi connectivity index (χ1) is 6.93. The van der Waals surface area contributed by atoms with Crippen molar-refractivity contribution in [1.29, 1.82) is 0 Å². The predicted molar refractivity (Wildman–Crippen MR) is 62.8 cm³/mol. The van der Waals surface area contributed by atoms with Crippen molar-refractivity contribution < 1.29 is 9.90 Å². The summed E-state index contributed by atoms with van der Waals surface area (Å²) in [7, 11) is 0. The molecule has 0 aliphatic heterocycles. The third-order valence-corrected chi connectivity index (χ3v) is 2.77. The van der Waals surface area contributed by atoms with Crippen LogP contribution in [0.3, 0.4) is 0 Å². The molecule has 0 amide bonds. The number of halogens is 1. The van der Waals surface area contributed by atoms with Crippen molar-refractivity contribution in [3.8, 4) is 0 Å². The van der Waals surface area contributed by atoms with E-state index >= 15 is 0 Å². The third kappa shape index (κ3) is 2.79. The van der Waals surface area contributed by atoms with Gasteiger partial charge in [-0.2, -0.15) is 0 Å². The van der Waals surface area contributed by atoms with Gasteiger partial charge < -0.3 is 10.8 Å². The van der Waals surface area contributed by atoms with Gasteiger partial charge >= 0.3 is 5.97 Å². The van der Waals surface area contributed by atoms with Gasteiger partial charge in [-0.05, 0) is 29.2 Å². The predicted octanol–water partition coefficient (Wildman–Crippen LogP) is 2.66. The summed E-state index contributed by atoms with van der Waals surface area (Å²) in [4.78, 5) is 10.8. The molecule has 1 aromatic carbocycles. The largest absolute Gasteiger partial charge is 0.480 e. The van der Waals surface area contributed by atoms with Crippen LogP contribution in [0.15, 0.2) is 22.7 Å². The van der Waals surface area contributed by atoms with Crippen LogP contribution in [0.1, 0.15) is 36.9 Å². The molecule has 0 aliphatic carbocycles. The molecular weight excluding hydrogens is 258 g/mol. The van der Waals surface area contributed by atoms with Crippen LogP contribution in [0.4, 0.5) is 0 Å². The average Bonchev–Trinajstić information content (AvgIpc) is 2.15. The molecule has 1 rings (SSSR count). The molecule has 0 heterocycles. The smallest absolute Gasteiger partial charge is 0.325 e. The Balaban J connectivity index is 3.24. The lowest BCUT2D eigenvalue weighted by molar-refractivity contribution is -0.138. The summed E-state index contributed by atoms with van der Waals surface area (Å²) in [5.74, 6) is -0.742. The molecule has 4 heteroatoms. The molecule has 82 valence electrons. The van der Waals surface area contributed by atoms with E-state index in [1.807, 2.05) is 26.0 Å². The highest BCUT2D eigenvalue weighted by molar-refractivity contribution is 9.10. The van der Waals surface area contributed by atoms with Gasteiger partial charge in [0.2, 0.25) is 0 Å². The van der Waals surface area contributed by atoms with E-state index in [1.54, 1.807) is 6.07 Å². The van der Waals surface area contributed by atoms with E-state index in [9.17, 15) is 4.79 Å². The fourth-order valence-electron chi connectivity index (χ4n) is 1.47. The van der Waals surface area contributed by atoms with Crippen molar-refractivity contribution in [3.05, 3.63) is 33.8 Å². The van der Waals surface area contributed by atoms with Crippen LogP contribution in [-0.4, -0.2) is 11.1 Å². The highest BCUT2D eigenvalue weighted by Crippen LogP contribution is 2.27. The maximum atomic E-state index is 10.8. The van der Waals surface area contributed by atoms with Crippen LogP contribution in [0, 0.1) is 0 Å². The Morgan fingerprint density at radius 3 is 2.47 bits per heavy atom. The van der Waals surface area contributed by atoms with E-state index in [2.05, 4.69) is 15.9 Å². The quantitative estimate of drug-likeness (QED) is 0.889. The second-order valence-corrected chi connectivity index (χ2v) is 4.66. The minimum atomic E-state index is -1.00. The van der Waals surface area contributed by atoms with Gasteiger partial charge in [0.25, 0.3) is 0 Å². The number of nitrogens with two attached hydrogens (primary N) is 1. The van der Waals surface area contributed by atoms with E-state index in [1.165, 1.54) is 0 Å². The number of benzene rings is 1. The molecule has 0 radical (unpaired) electrons. The van der Waals surface area contributed by atoms with Gasteiger partial charge in [-0.1, -0.05) is 35.8 Å². The van der Waals surface area contributed by atoms with E-state index in [0.717, 1.165) is 10.0 Å². The first-order valence-electron chi connectivity index (χ1n) is 4.71. The standard InChI is InChI=1S/C11H14BrNO2/c1-6(2)8-4-3-7(12)5-9(8)10(13)11(14)15/h3-6,10H,13H2,1-2H3,(H,14,15). The van der Waals surface area contributed by atoms with Gasteiger partial charge in [-0.25, -0.2) is 0 Å². The second-order valence-electron chi connectivity index (χ2n) is 3.74. The maximum absolute atomic E-state index is 10.8. The summed E-state index contributed by atoms with van der Waals surface area (Å²) < 4.78 is 0.846. The van der Waals surface area contributed by atoms with E-state index in [4.69, 9.17) is 10.8 Å². The summed E-state index contributed by atoms with van der Waals surface area (Å²) in [6.07, 6.45) is 0. The van der Waals surface area contributed by atoms with Crippen molar-refractivity contribution in [2.45, 2.75) is 25.8 Å². The Morgan fingerprint density at radius 1 is 1.40 bits per heavy atom. The van der Waals surface area contributed by atoms with Crippen LogP contribution >= 0.6 is 15.9 Å². The van der Waals surface area contributed by atoms with Crippen LogP contribution in [0.2, 0.25) is 0 Å². The molecule has 3 nitrogen and oxygen atoms in total. The molecule has 0 spiro atoms. The van der Waals surface area contributed by atoms with Crippen molar-refractivity contribution in [1.82, 2.24) is 0 Å². The lowest BCUT2D eigenvalue weighted by Gasteiger charge is -2.16. The lowest BCUT2D eigenvalue weighted by atomic mass is 9.93. The monoisotopic (exact) mass is 271 g/mol. The molecule has 3 N–H and O–H groups in total. The summed E-state index contributed by atoms with van der Waals surface area (Å²) in [6, 6.07) is 4.62. The van der Waals surface area contributed by atoms with E-state index in [-0.39, 0.29) is 5.92 Å². The van der Waals surface area contributed by atoms with Crippen LogP contribution in [-0.2, 0) is 4.79 Å². The number of rotatable bonds is 3. The number of aliphatic carboxylic acids is 1. The number of carbonyl (C=O) groups is 1. The number of carboxylic acid groups (broad SMARTS) is 1. The minimum Gasteiger partial charge on any atom is -0.480 e. The van der Waals surface area contributed by atoms with Crippen LogP contribution in [0.25, 0.3) is 0 Å². The van der Waals surface area contributed by atoms with Crippen molar-refractivity contribution in [2.75, 3.05) is 0 Å².